The predicted octanol–water partition coefficient (Wildman–Crippen LogP) is 0.814. The molecule has 2 heteroatoms. The van der Waals surface area contributed by atoms with Gasteiger partial charge in [-0.25, -0.2) is 0 Å². The highest BCUT2D eigenvalue weighted by molar-refractivity contribution is 5.05. The molecule has 0 saturated heterocycles. The SMILES string of the molecule is [CH2]Cn1cccc1CO. The summed E-state index contributed by atoms with van der Waals surface area (Å²) in [5.41, 5.74) is 0.921. The first-order valence-electron chi connectivity index (χ1n) is 2.92. The second-order valence-corrected chi connectivity index (χ2v) is 1.85. The van der Waals surface area contributed by atoms with Crippen molar-refractivity contribution in [3.05, 3.63) is 30.9 Å². The van der Waals surface area contributed by atoms with Crippen molar-refractivity contribution < 1.29 is 5.11 Å². The average molecular weight is 124 g/mol. The van der Waals surface area contributed by atoms with E-state index in [-0.39, 0.29) is 6.61 Å². The molecule has 9 heavy (non-hydrogen) atoms. The molecule has 1 aromatic heterocycles. The standard InChI is InChI=1S/C7H10NO/c1-2-8-5-3-4-7(8)6-9/h3-5,9H,1-2,6H2. The van der Waals surface area contributed by atoms with Gasteiger partial charge in [0.05, 0.1) is 6.61 Å². The molecule has 0 bridgehead atoms. The molecular formula is C7H10NO. The zero-order valence-electron chi connectivity index (χ0n) is 5.25. The van der Waals surface area contributed by atoms with Crippen LogP contribution in [0.2, 0.25) is 0 Å². The molecule has 2 nitrogen and oxygen atoms in total. The number of hydrogen-bond donors (Lipinski definition) is 1. The van der Waals surface area contributed by atoms with Gasteiger partial charge in [-0.15, -0.1) is 0 Å². The van der Waals surface area contributed by atoms with Gasteiger partial charge >= 0.3 is 0 Å². The molecule has 0 fully saturated rings. The first kappa shape index (κ1) is 6.36. The van der Waals surface area contributed by atoms with E-state index >= 15 is 0 Å². The van der Waals surface area contributed by atoms with E-state index in [1.54, 1.807) is 0 Å². The first-order chi connectivity index (χ1) is 4.38. The molecule has 0 aliphatic carbocycles. The third kappa shape index (κ3) is 1.13. The lowest BCUT2D eigenvalue weighted by molar-refractivity contribution is 0.271. The van der Waals surface area contributed by atoms with Crippen LogP contribution in [0.5, 0.6) is 0 Å². The Hall–Kier alpha value is -0.760. The fourth-order valence-electron chi connectivity index (χ4n) is 0.811. The van der Waals surface area contributed by atoms with Crippen LogP contribution >= 0.6 is 0 Å². The first-order valence-corrected chi connectivity index (χ1v) is 2.92. The van der Waals surface area contributed by atoms with Crippen molar-refractivity contribution in [2.24, 2.45) is 0 Å². The van der Waals surface area contributed by atoms with Gasteiger partial charge in [-0.05, 0) is 19.1 Å². The molecule has 1 heterocycles. The molecule has 0 aromatic carbocycles. The number of hydrogen-bond acceptors (Lipinski definition) is 1. The molecule has 1 rings (SSSR count). The van der Waals surface area contributed by atoms with Gasteiger partial charge in [0, 0.05) is 18.4 Å². The zero-order chi connectivity index (χ0) is 6.69. The zero-order valence-corrected chi connectivity index (χ0v) is 5.25. The molecule has 1 aromatic rings. The number of nitrogens with zero attached hydrogens (tertiary/aromatic N) is 1. The van der Waals surface area contributed by atoms with Crippen LogP contribution in [0, 0.1) is 6.92 Å². The molecule has 0 aliphatic heterocycles. The van der Waals surface area contributed by atoms with E-state index in [4.69, 9.17) is 5.11 Å². The van der Waals surface area contributed by atoms with Crippen molar-refractivity contribution in [3.8, 4) is 0 Å². The third-order valence-electron chi connectivity index (χ3n) is 1.33. The second kappa shape index (κ2) is 2.69. The summed E-state index contributed by atoms with van der Waals surface area (Å²) in [6.45, 7) is 4.47. The van der Waals surface area contributed by atoms with Crippen molar-refractivity contribution in [2.75, 3.05) is 0 Å². The minimum atomic E-state index is 0.0997. The summed E-state index contributed by atoms with van der Waals surface area (Å²) < 4.78 is 1.90. The van der Waals surface area contributed by atoms with E-state index in [1.165, 1.54) is 0 Å². The Morgan fingerprint density at radius 2 is 2.44 bits per heavy atom. The van der Waals surface area contributed by atoms with Crippen LogP contribution in [0.25, 0.3) is 0 Å². The summed E-state index contributed by atoms with van der Waals surface area (Å²) in [6.07, 6.45) is 1.90. The summed E-state index contributed by atoms with van der Waals surface area (Å²) in [5.74, 6) is 0. The summed E-state index contributed by atoms with van der Waals surface area (Å²) in [6, 6.07) is 3.78. The smallest absolute Gasteiger partial charge is 0.0832 e. The molecule has 1 radical (unpaired) electrons. The van der Waals surface area contributed by atoms with Crippen molar-refractivity contribution in [1.82, 2.24) is 4.57 Å². The monoisotopic (exact) mass is 124 g/mol. The largest absolute Gasteiger partial charge is 0.390 e. The van der Waals surface area contributed by atoms with Crippen LogP contribution in [-0.4, -0.2) is 9.67 Å². The molecule has 0 saturated carbocycles. The van der Waals surface area contributed by atoms with Crippen molar-refractivity contribution in [3.63, 3.8) is 0 Å². The van der Waals surface area contributed by atoms with Crippen LogP contribution < -0.4 is 0 Å². The molecule has 0 atom stereocenters. The Labute approximate surface area is 54.7 Å². The van der Waals surface area contributed by atoms with Crippen molar-refractivity contribution >= 4 is 0 Å². The van der Waals surface area contributed by atoms with Gasteiger partial charge in [-0.1, -0.05) is 0 Å². The Balaban J connectivity index is 2.85. The lowest BCUT2D eigenvalue weighted by atomic mass is 10.4. The van der Waals surface area contributed by atoms with Gasteiger partial charge in [0.25, 0.3) is 0 Å². The van der Waals surface area contributed by atoms with E-state index < -0.39 is 0 Å². The fraction of sp³-hybridized carbons (Fsp3) is 0.286. The van der Waals surface area contributed by atoms with E-state index in [9.17, 15) is 0 Å². The Morgan fingerprint density at radius 3 is 2.89 bits per heavy atom. The van der Waals surface area contributed by atoms with Gasteiger partial charge in [0.15, 0.2) is 0 Å². The Bertz CT molecular complexity index is 162. The van der Waals surface area contributed by atoms with E-state index in [1.807, 2.05) is 22.9 Å². The predicted molar refractivity (Wildman–Crippen MR) is 35.7 cm³/mol. The molecule has 0 aliphatic rings. The maximum absolute atomic E-state index is 8.69. The highest BCUT2D eigenvalue weighted by atomic mass is 16.3. The normalized spacial score (nSPS) is 10.0. The van der Waals surface area contributed by atoms with Crippen LogP contribution in [0.4, 0.5) is 0 Å². The third-order valence-corrected chi connectivity index (χ3v) is 1.33. The summed E-state index contributed by atoms with van der Waals surface area (Å²) in [4.78, 5) is 0. The topological polar surface area (TPSA) is 25.2 Å². The number of aliphatic hydroxyl groups excluding tert-OH is 1. The lowest BCUT2D eigenvalue weighted by Gasteiger charge is -2.00. The fourth-order valence-corrected chi connectivity index (χ4v) is 0.811. The average Bonchev–Trinajstić information content (AvgIpc) is 2.33. The van der Waals surface area contributed by atoms with Gasteiger partial charge in [0.1, 0.15) is 0 Å². The summed E-state index contributed by atoms with van der Waals surface area (Å²) in [7, 11) is 0. The van der Waals surface area contributed by atoms with E-state index in [0.717, 1.165) is 5.69 Å². The number of aliphatic hydroxyl groups is 1. The number of rotatable bonds is 2. The highest BCUT2D eigenvalue weighted by Crippen LogP contribution is 2.00. The minimum absolute atomic E-state index is 0.0997. The summed E-state index contributed by atoms with van der Waals surface area (Å²) >= 11 is 0. The maximum atomic E-state index is 8.69. The second-order valence-electron chi connectivity index (χ2n) is 1.85. The Morgan fingerprint density at radius 1 is 1.67 bits per heavy atom. The van der Waals surface area contributed by atoms with Gasteiger partial charge in [0.2, 0.25) is 0 Å². The molecule has 0 unspecified atom stereocenters. The van der Waals surface area contributed by atoms with Gasteiger partial charge in [-0.2, -0.15) is 0 Å². The van der Waals surface area contributed by atoms with Crippen LogP contribution in [0.15, 0.2) is 18.3 Å². The highest BCUT2D eigenvalue weighted by Gasteiger charge is 1.93. The number of aromatic nitrogens is 1. The van der Waals surface area contributed by atoms with Crippen molar-refractivity contribution in [1.29, 1.82) is 0 Å². The minimum Gasteiger partial charge on any atom is -0.390 e. The van der Waals surface area contributed by atoms with Gasteiger partial charge < -0.3 is 9.67 Å². The summed E-state index contributed by atoms with van der Waals surface area (Å²) in [5, 5.41) is 8.69. The maximum Gasteiger partial charge on any atom is 0.0832 e. The van der Waals surface area contributed by atoms with Crippen molar-refractivity contribution in [2.45, 2.75) is 13.2 Å². The molecular weight excluding hydrogens is 114 g/mol. The van der Waals surface area contributed by atoms with Gasteiger partial charge in [-0.3, -0.25) is 0 Å². The lowest BCUT2D eigenvalue weighted by Crippen LogP contribution is -1.97. The molecule has 49 valence electrons. The van der Waals surface area contributed by atoms with E-state index in [0.29, 0.717) is 6.54 Å². The molecule has 0 spiro atoms. The molecule has 0 amide bonds. The quantitative estimate of drug-likeness (QED) is 0.620. The van der Waals surface area contributed by atoms with E-state index in [2.05, 4.69) is 6.92 Å². The van der Waals surface area contributed by atoms with Crippen LogP contribution in [0.1, 0.15) is 5.69 Å². The Kier molecular flexibility index (Phi) is 1.90. The molecule has 1 N–H and O–H groups in total. The van der Waals surface area contributed by atoms with Crippen LogP contribution in [-0.2, 0) is 13.2 Å². The van der Waals surface area contributed by atoms with Crippen LogP contribution in [0.3, 0.4) is 0 Å².